The van der Waals surface area contributed by atoms with Crippen LogP contribution >= 0.6 is 0 Å². The van der Waals surface area contributed by atoms with Gasteiger partial charge in [0.15, 0.2) is 5.75 Å². The molecular formula is C12H19N3O3. The second-order valence-electron chi connectivity index (χ2n) is 4.16. The molecule has 1 aromatic rings. The number of nitro benzene ring substituents is 1. The van der Waals surface area contributed by atoms with Crippen molar-refractivity contribution in [3.05, 3.63) is 28.3 Å². The average molecular weight is 253 g/mol. The minimum atomic E-state index is -0.423. The van der Waals surface area contributed by atoms with Gasteiger partial charge < -0.3 is 15.0 Å². The molecule has 0 aliphatic heterocycles. The minimum absolute atomic E-state index is 0.00940. The Bertz CT molecular complexity index is 408. The Morgan fingerprint density at radius 2 is 2.17 bits per heavy atom. The van der Waals surface area contributed by atoms with Crippen molar-refractivity contribution in [3.63, 3.8) is 0 Å². The first-order valence-electron chi connectivity index (χ1n) is 5.79. The Hall–Kier alpha value is -1.82. The van der Waals surface area contributed by atoms with E-state index >= 15 is 0 Å². The molecule has 0 unspecified atom stereocenters. The summed E-state index contributed by atoms with van der Waals surface area (Å²) in [6, 6.07) is 5.01. The Balaban J connectivity index is 2.72. The fraction of sp³-hybridized carbons (Fsp3) is 0.500. The molecule has 0 aromatic heterocycles. The maximum atomic E-state index is 11.0. The number of ether oxygens (including phenoxy) is 1. The fourth-order valence-corrected chi connectivity index (χ4v) is 1.59. The zero-order chi connectivity index (χ0) is 13.5. The molecule has 0 saturated carbocycles. The number of rotatable bonds is 7. The third kappa shape index (κ3) is 3.89. The molecule has 0 saturated heterocycles. The van der Waals surface area contributed by atoms with E-state index in [1.807, 2.05) is 19.0 Å². The lowest BCUT2D eigenvalue weighted by atomic mass is 10.2. The topological polar surface area (TPSA) is 67.6 Å². The van der Waals surface area contributed by atoms with Gasteiger partial charge in [-0.15, -0.1) is 0 Å². The number of nitrogens with zero attached hydrogens (tertiary/aromatic N) is 2. The highest BCUT2D eigenvalue weighted by Crippen LogP contribution is 2.34. The molecule has 0 bridgehead atoms. The van der Waals surface area contributed by atoms with Crippen LogP contribution in [0.1, 0.15) is 6.42 Å². The molecule has 0 atom stereocenters. The van der Waals surface area contributed by atoms with E-state index in [1.54, 1.807) is 25.2 Å². The molecular weight excluding hydrogens is 234 g/mol. The molecule has 0 amide bonds. The predicted molar refractivity (Wildman–Crippen MR) is 71.3 cm³/mol. The average Bonchev–Trinajstić information content (AvgIpc) is 2.33. The molecule has 18 heavy (non-hydrogen) atoms. The largest absolute Gasteiger partial charge is 0.487 e. The predicted octanol–water partition coefficient (Wildman–Crippen LogP) is 1.97. The molecule has 6 heteroatoms. The summed E-state index contributed by atoms with van der Waals surface area (Å²) >= 11 is 0. The van der Waals surface area contributed by atoms with Crippen LogP contribution in [0.4, 0.5) is 11.4 Å². The summed E-state index contributed by atoms with van der Waals surface area (Å²) in [6.45, 7) is 1.35. The molecule has 0 radical (unpaired) electrons. The van der Waals surface area contributed by atoms with E-state index in [9.17, 15) is 10.1 Å². The zero-order valence-corrected chi connectivity index (χ0v) is 11.0. The van der Waals surface area contributed by atoms with Crippen LogP contribution in [0.15, 0.2) is 18.2 Å². The van der Waals surface area contributed by atoms with Gasteiger partial charge in [0.05, 0.1) is 11.5 Å². The molecule has 6 nitrogen and oxygen atoms in total. The SMILES string of the molecule is CNc1cccc(OCCCN(C)C)c1[N+](=O)[O-]. The lowest BCUT2D eigenvalue weighted by Crippen LogP contribution is -2.15. The zero-order valence-electron chi connectivity index (χ0n) is 11.0. The number of benzene rings is 1. The smallest absolute Gasteiger partial charge is 0.333 e. The Morgan fingerprint density at radius 3 is 2.72 bits per heavy atom. The van der Waals surface area contributed by atoms with Gasteiger partial charge in [0.2, 0.25) is 0 Å². The molecule has 1 aromatic carbocycles. The first kappa shape index (κ1) is 14.2. The number of anilines is 1. The van der Waals surface area contributed by atoms with Crippen molar-refractivity contribution in [2.45, 2.75) is 6.42 Å². The van der Waals surface area contributed by atoms with Crippen molar-refractivity contribution >= 4 is 11.4 Å². The van der Waals surface area contributed by atoms with Gasteiger partial charge in [0, 0.05) is 13.6 Å². The standard InChI is InChI=1S/C12H19N3O3/c1-13-10-6-4-7-11(12(10)15(16)17)18-9-5-8-14(2)3/h4,6-7,13H,5,8-9H2,1-3H3. The number of para-hydroxylation sites is 1. The number of hydrogen-bond donors (Lipinski definition) is 1. The van der Waals surface area contributed by atoms with Crippen LogP contribution in [-0.2, 0) is 0 Å². The lowest BCUT2D eigenvalue weighted by Gasteiger charge is -2.11. The first-order valence-corrected chi connectivity index (χ1v) is 5.79. The molecule has 0 heterocycles. The maximum absolute atomic E-state index is 11.0. The van der Waals surface area contributed by atoms with Crippen LogP contribution < -0.4 is 10.1 Å². The fourth-order valence-electron chi connectivity index (χ4n) is 1.59. The van der Waals surface area contributed by atoms with Crippen molar-refractivity contribution in [1.29, 1.82) is 0 Å². The second-order valence-corrected chi connectivity index (χ2v) is 4.16. The van der Waals surface area contributed by atoms with Gasteiger partial charge in [-0.2, -0.15) is 0 Å². The highest BCUT2D eigenvalue weighted by Gasteiger charge is 2.19. The van der Waals surface area contributed by atoms with Gasteiger partial charge in [-0.1, -0.05) is 6.07 Å². The summed E-state index contributed by atoms with van der Waals surface area (Å²) in [5.41, 5.74) is 0.454. The van der Waals surface area contributed by atoms with Crippen LogP contribution in [0.2, 0.25) is 0 Å². The number of nitrogens with one attached hydrogen (secondary N) is 1. The van der Waals surface area contributed by atoms with Crippen molar-refractivity contribution in [3.8, 4) is 5.75 Å². The molecule has 1 N–H and O–H groups in total. The Kier molecular flexibility index (Phi) is 5.38. The van der Waals surface area contributed by atoms with E-state index in [2.05, 4.69) is 5.32 Å². The van der Waals surface area contributed by atoms with E-state index in [-0.39, 0.29) is 5.69 Å². The Labute approximate surface area is 107 Å². The van der Waals surface area contributed by atoms with E-state index in [0.717, 1.165) is 13.0 Å². The van der Waals surface area contributed by atoms with Gasteiger partial charge >= 0.3 is 5.69 Å². The maximum Gasteiger partial charge on any atom is 0.333 e. The van der Waals surface area contributed by atoms with Gasteiger partial charge in [-0.05, 0) is 32.6 Å². The highest BCUT2D eigenvalue weighted by molar-refractivity contribution is 5.68. The van der Waals surface area contributed by atoms with Crippen molar-refractivity contribution in [1.82, 2.24) is 4.90 Å². The molecule has 0 aliphatic rings. The number of hydrogen-bond acceptors (Lipinski definition) is 5. The summed E-state index contributed by atoms with van der Waals surface area (Å²) in [6.07, 6.45) is 0.827. The molecule has 0 fully saturated rings. The van der Waals surface area contributed by atoms with Crippen LogP contribution in [-0.4, -0.2) is 44.1 Å². The summed E-state index contributed by atoms with van der Waals surface area (Å²) in [7, 11) is 5.60. The molecule has 100 valence electrons. The van der Waals surface area contributed by atoms with Crippen molar-refractivity contribution in [2.24, 2.45) is 0 Å². The van der Waals surface area contributed by atoms with Crippen LogP contribution in [0, 0.1) is 10.1 Å². The van der Waals surface area contributed by atoms with Gasteiger partial charge in [0.25, 0.3) is 0 Å². The molecule has 0 spiro atoms. The molecule has 1 rings (SSSR count). The van der Waals surface area contributed by atoms with E-state index in [4.69, 9.17) is 4.74 Å². The van der Waals surface area contributed by atoms with Crippen LogP contribution in [0.5, 0.6) is 5.75 Å². The minimum Gasteiger partial charge on any atom is -0.487 e. The van der Waals surface area contributed by atoms with E-state index in [0.29, 0.717) is 18.0 Å². The monoisotopic (exact) mass is 253 g/mol. The quantitative estimate of drug-likeness (QED) is 0.457. The summed E-state index contributed by atoms with van der Waals surface area (Å²) in [4.78, 5) is 12.6. The van der Waals surface area contributed by atoms with Gasteiger partial charge in [-0.25, -0.2) is 0 Å². The van der Waals surface area contributed by atoms with Crippen molar-refractivity contribution < 1.29 is 9.66 Å². The third-order valence-corrected chi connectivity index (χ3v) is 2.46. The third-order valence-electron chi connectivity index (χ3n) is 2.46. The first-order chi connectivity index (χ1) is 8.56. The van der Waals surface area contributed by atoms with Crippen molar-refractivity contribution in [2.75, 3.05) is 39.6 Å². The van der Waals surface area contributed by atoms with Gasteiger partial charge in [-0.3, -0.25) is 10.1 Å². The van der Waals surface area contributed by atoms with Crippen LogP contribution in [0.3, 0.4) is 0 Å². The lowest BCUT2D eigenvalue weighted by molar-refractivity contribution is -0.384. The molecule has 0 aliphatic carbocycles. The van der Waals surface area contributed by atoms with E-state index in [1.165, 1.54) is 0 Å². The second kappa shape index (κ2) is 6.80. The van der Waals surface area contributed by atoms with E-state index < -0.39 is 4.92 Å². The highest BCUT2D eigenvalue weighted by atomic mass is 16.6. The van der Waals surface area contributed by atoms with Crippen LogP contribution in [0.25, 0.3) is 0 Å². The normalized spacial score (nSPS) is 10.4. The Morgan fingerprint density at radius 1 is 1.44 bits per heavy atom. The van der Waals surface area contributed by atoms with Gasteiger partial charge in [0.1, 0.15) is 5.69 Å². The summed E-state index contributed by atoms with van der Waals surface area (Å²) in [5, 5.41) is 13.8. The summed E-state index contributed by atoms with van der Waals surface area (Å²) in [5.74, 6) is 0.311. The summed E-state index contributed by atoms with van der Waals surface area (Å²) < 4.78 is 5.48. The number of nitro groups is 1.